The van der Waals surface area contributed by atoms with Gasteiger partial charge in [-0.3, -0.25) is 0 Å². The van der Waals surface area contributed by atoms with Crippen LogP contribution in [0.5, 0.6) is 0 Å². The monoisotopic (exact) mass is 275 g/mol. The van der Waals surface area contributed by atoms with Crippen molar-refractivity contribution in [2.45, 2.75) is 6.92 Å². The third-order valence-electron chi connectivity index (χ3n) is 2.65. The molecular weight excluding hydrogens is 262 g/mol. The van der Waals surface area contributed by atoms with Crippen LogP contribution in [0.3, 0.4) is 0 Å². The Morgan fingerprint density at radius 1 is 1.11 bits per heavy atom. The molecule has 0 saturated carbocycles. The number of anilines is 3. The van der Waals surface area contributed by atoms with Gasteiger partial charge in [-0.05, 0) is 42.8 Å². The molecule has 5 heteroatoms. The first kappa shape index (κ1) is 13.2. The van der Waals surface area contributed by atoms with Crippen LogP contribution in [0, 0.1) is 6.92 Å². The molecule has 98 valence electrons. The van der Waals surface area contributed by atoms with Gasteiger partial charge < -0.3 is 16.4 Å². The van der Waals surface area contributed by atoms with E-state index in [0.29, 0.717) is 22.1 Å². The summed E-state index contributed by atoms with van der Waals surface area (Å²) in [5.41, 5.74) is 8.55. The lowest BCUT2D eigenvalue weighted by Gasteiger charge is -2.12. The van der Waals surface area contributed by atoms with E-state index in [-0.39, 0.29) is 6.03 Å². The number of carbonyl (C=O) groups excluding carboxylic acids is 1. The lowest BCUT2D eigenvalue weighted by atomic mass is 10.2. The Hall–Kier alpha value is -2.20. The van der Waals surface area contributed by atoms with Crippen molar-refractivity contribution in [3.05, 3.63) is 53.1 Å². The molecule has 2 aromatic rings. The third-order valence-corrected chi connectivity index (χ3v) is 2.90. The van der Waals surface area contributed by atoms with Crippen LogP contribution in [0.1, 0.15) is 5.56 Å². The maximum Gasteiger partial charge on any atom is 0.323 e. The average Bonchev–Trinajstić information content (AvgIpc) is 2.37. The number of para-hydroxylation sites is 1. The zero-order chi connectivity index (χ0) is 13.8. The molecule has 0 spiro atoms. The molecule has 0 aliphatic heterocycles. The zero-order valence-corrected chi connectivity index (χ0v) is 11.2. The molecule has 0 aromatic heterocycles. The van der Waals surface area contributed by atoms with Gasteiger partial charge in [0.1, 0.15) is 0 Å². The predicted molar refractivity (Wildman–Crippen MR) is 79.7 cm³/mol. The normalized spacial score (nSPS) is 10.0. The van der Waals surface area contributed by atoms with Crippen LogP contribution >= 0.6 is 11.6 Å². The number of aryl methyl sites for hydroxylation is 1. The number of halogens is 1. The SMILES string of the molecule is Cc1cccc(N)c1NC(=O)Nc1ccc(Cl)cc1. The van der Waals surface area contributed by atoms with Crippen LogP contribution < -0.4 is 16.4 Å². The molecule has 0 bridgehead atoms. The summed E-state index contributed by atoms with van der Waals surface area (Å²) in [5.74, 6) is 0. The quantitative estimate of drug-likeness (QED) is 0.728. The van der Waals surface area contributed by atoms with Crippen LogP contribution in [0.25, 0.3) is 0 Å². The molecule has 4 nitrogen and oxygen atoms in total. The van der Waals surface area contributed by atoms with E-state index in [0.717, 1.165) is 5.56 Å². The Labute approximate surface area is 116 Å². The summed E-state index contributed by atoms with van der Waals surface area (Å²) in [7, 11) is 0. The Morgan fingerprint density at radius 3 is 2.42 bits per heavy atom. The van der Waals surface area contributed by atoms with Gasteiger partial charge in [0.2, 0.25) is 0 Å². The number of urea groups is 1. The predicted octanol–water partition coefficient (Wildman–Crippen LogP) is 3.87. The number of carbonyl (C=O) groups is 1. The minimum absolute atomic E-state index is 0.344. The van der Waals surface area contributed by atoms with Crippen LogP contribution in [-0.2, 0) is 0 Å². The van der Waals surface area contributed by atoms with E-state index in [1.54, 1.807) is 30.3 Å². The maximum atomic E-state index is 11.9. The molecule has 2 rings (SSSR count). The molecule has 0 saturated heterocycles. The topological polar surface area (TPSA) is 67.1 Å². The number of nitrogens with two attached hydrogens (primary N) is 1. The van der Waals surface area contributed by atoms with E-state index in [2.05, 4.69) is 10.6 Å². The molecule has 0 heterocycles. The van der Waals surface area contributed by atoms with Crippen LogP contribution in [-0.4, -0.2) is 6.03 Å². The highest BCUT2D eigenvalue weighted by molar-refractivity contribution is 6.30. The Morgan fingerprint density at radius 2 is 1.79 bits per heavy atom. The second kappa shape index (κ2) is 5.63. The summed E-state index contributed by atoms with van der Waals surface area (Å²) in [4.78, 5) is 11.9. The molecular formula is C14H14ClN3O. The highest BCUT2D eigenvalue weighted by atomic mass is 35.5. The summed E-state index contributed by atoms with van der Waals surface area (Å²) < 4.78 is 0. The number of hydrogen-bond donors (Lipinski definition) is 3. The molecule has 2 amide bonds. The molecule has 0 radical (unpaired) electrons. The second-order valence-electron chi connectivity index (χ2n) is 4.13. The first-order valence-corrected chi connectivity index (χ1v) is 6.13. The standard InChI is InChI=1S/C14H14ClN3O/c1-9-3-2-4-12(16)13(9)18-14(19)17-11-7-5-10(15)6-8-11/h2-8H,16H2,1H3,(H2,17,18,19). The summed E-state index contributed by atoms with van der Waals surface area (Å²) in [6.07, 6.45) is 0. The number of rotatable bonds is 2. The van der Waals surface area contributed by atoms with Gasteiger partial charge in [0.05, 0.1) is 11.4 Å². The van der Waals surface area contributed by atoms with E-state index in [9.17, 15) is 4.79 Å². The number of benzene rings is 2. The minimum Gasteiger partial charge on any atom is -0.397 e. The largest absolute Gasteiger partial charge is 0.397 e. The highest BCUT2D eigenvalue weighted by Crippen LogP contribution is 2.22. The molecule has 0 aliphatic rings. The van der Waals surface area contributed by atoms with Crippen LogP contribution in [0.15, 0.2) is 42.5 Å². The molecule has 0 fully saturated rings. The maximum absolute atomic E-state index is 11.9. The van der Waals surface area contributed by atoms with E-state index >= 15 is 0 Å². The van der Waals surface area contributed by atoms with Crippen molar-refractivity contribution in [3.8, 4) is 0 Å². The van der Waals surface area contributed by atoms with Crippen molar-refractivity contribution in [1.29, 1.82) is 0 Å². The molecule has 4 N–H and O–H groups in total. The van der Waals surface area contributed by atoms with Crippen LogP contribution in [0.2, 0.25) is 5.02 Å². The van der Waals surface area contributed by atoms with Crippen molar-refractivity contribution in [2.24, 2.45) is 0 Å². The van der Waals surface area contributed by atoms with Crippen molar-refractivity contribution < 1.29 is 4.79 Å². The Kier molecular flexibility index (Phi) is 3.92. The average molecular weight is 276 g/mol. The van der Waals surface area contributed by atoms with Crippen molar-refractivity contribution in [2.75, 3.05) is 16.4 Å². The lowest BCUT2D eigenvalue weighted by molar-refractivity contribution is 0.262. The molecule has 2 aromatic carbocycles. The molecule has 0 unspecified atom stereocenters. The number of amides is 2. The highest BCUT2D eigenvalue weighted by Gasteiger charge is 2.07. The molecule has 0 atom stereocenters. The lowest BCUT2D eigenvalue weighted by Crippen LogP contribution is -2.20. The van der Waals surface area contributed by atoms with Gasteiger partial charge in [-0.15, -0.1) is 0 Å². The number of nitrogen functional groups attached to an aromatic ring is 1. The van der Waals surface area contributed by atoms with Crippen molar-refractivity contribution >= 4 is 34.7 Å². The first-order chi connectivity index (χ1) is 9.06. The Bertz CT molecular complexity index is 576. The van der Waals surface area contributed by atoms with E-state index in [1.807, 2.05) is 19.1 Å². The molecule has 19 heavy (non-hydrogen) atoms. The van der Waals surface area contributed by atoms with Gasteiger partial charge in [0, 0.05) is 10.7 Å². The van der Waals surface area contributed by atoms with Crippen molar-refractivity contribution in [3.63, 3.8) is 0 Å². The van der Waals surface area contributed by atoms with Gasteiger partial charge in [-0.2, -0.15) is 0 Å². The fourth-order valence-electron chi connectivity index (χ4n) is 1.67. The summed E-state index contributed by atoms with van der Waals surface area (Å²) in [6.45, 7) is 1.88. The van der Waals surface area contributed by atoms with Gasteiger partial charge >= 0.3 is 6.03 Å². The fourth-order valence-corrected chi connectivity index (χ4v) is 1.80. The third kappa shape index (κ3) is 3.39. The second-order valence-corrected chi connectivity index (χ2v) is 4.56. The van der Waals surface area contributed by atoms with Crippen molar-refractivity contribution in [1.82, 2.24) is 0 Å². The zero-order valence-electron chi connectivity index (χ0n) is 10.4. The van der Waals surface area contributed by atoms with Gasteiger partial charge in [-0.1, -0.05) is 23.7 Å². The fraction of sp³-hybridized carbons (Fsp3) is 0.0714. The van der Waals surface area contributed by atoms with E-state index < -0.39 is 0 Å². The van der Waals surface area contributed by atoms with Gasteiger partial charge in [0.25, 0.3) is 0 Å². The summed E-state index contributed by atoms with van der Waals surface area (Å²) >= 11 is 5.77. The Balaban J connectivity index is 2.07. The van der Waals surface area contributed by atoms with Gasteiger partial charge in [0.15, 0.2) is 0 Å². The van der Waals surface area contributed by atoms with E-state index in [4.69, 9.17) is 17.3 Å². The van der Waals surface area contributed by atoms with Gasteiger partial charge in [-0.25, -0.2) is 4.79 Å². The molecule has 0 aliphatic carbocycles. The summed E-state index contributed by atoms with van der Waals surface area (Å²) in [5, 5.41) is 6.06. The number of nitrogens with one attached hydrogen (secondary N) is 2. The van der Waals surface area contributed by atoms with Crippen LogP contribution in [0.4, 0.5) is 21.9 Å². The van der Waals surface area contributed by atoms with E-state index in [1.165, 1.54) is 0 Å². The first-order valence-electron chi connectivity index (χ1n) is 5.75. The minimum atomic E-state index is -0.344. The summed E-state index contributed by atoms with van der Waals surface area (Å²) in [6, 6.07) is 12.0. The smallest absolute Gasteiger partial charge is 0.323 e. The number of hydrogen-bond acceptors (Lipinski definition) is 2.